The highest BCUT2D eigenvalue weighted by Crippen LogP contribution is 2.47. The molecule has 142 valence electrons. The minimum atomic E-state index is -0.511. The van der Waals surface area contributed by atoms with Crippen LogP contribution in [-0.2, 0) is 9.53 Å². The Hall–Kier alpha value is -2.61. The second-order valence-corrected chi connectivity index (χ2v) is 7.81. The summed E-state index contributed by atoms with van der Waals surface area (Å²) in [6.07, 6.45) is 0. The third kappa shape index (κ3) is 2.74. The van der Waals surface area contributed by atoms with Crippen molar-refractivity contribution in [1.82, 2.24) is 5.32 Å². The first kappa shape index (κ1) is 18.7. The van der Waals surface area contributed by atoms with Gasteiger partial charge in [-0.3, -0.25) is 4.79 Å². The van der Waals surface area contributed by atoms with Crippen molar-refractivity contribution in [2.45, 2.75) is 12.8 Å². The fraction of sp³-hybridized carbons (Fsp3) is 0.182. The summed E-state index contributed by atoms with van der Waals surface area (Å²) in [5.74, 6) is -0.282. The van der Waals surface area contributed by atoms with Crippen LogP contribution in [0.15, 0.2) is 59.3 Å². The molecule has 1 aliphatic heterocycles. The highest BCUT2D eigenvalue weighted by molar-refractivity contribution is 14.1. The molecular weight excluding hydrogens is 469 g/mol. The monoisotopic (exact) mass is 487 g/mol. The van der Waals surface area contributed by atoms with Gasteiger partial charge >= 0.3 is 5.97 Å². The van der Waals surface area contributed by atoms with Crippen molar-refractivity contribution in [1.29, 1.82) is 0 Å². The Kier molecular flexibility index (Phi) is 4.74. The van der Waals surface area contributed by atoms with Gasteiger partial charge in [-0.25, -0.2) is 4.79 Å². The van der Waals surface area contributed by atoms with Gasteiger partial charge in [-0.05, 0) is 47.2 Å². The Morgan fingerprint density at radius 1 is 1.11 bits per heavy atom. The number of hydrogen-bond donors (Lipinski definition) is 1. The fourth-order valence-electron chi connectivity index (χ4n) is 3.91. The lowest BCUT2D eigenvalue weighted by Crippen LogP contribution is -2.29. The number of benzene rings is 2. The molecule has 1 heterocycles. The van der Waals surface area contributed by atoms with Crippen LogP contribution in [0.5, 0.6) is 5.75 Å². The van der Waals surface area contributed by atoms with E-state index in [1.165, 1.54) is 7.11 Å². The Morgan fingerprint density at radius 2 is 1.82 bits per heavy atom. The largest absolute Gasteiger partial charge is 0.496 e. The van der Waals surface area contributed by atoms with Crippen LogP contribution in [-0.4, -0.2) is 26.0 Å². The first-order valence-electron chi connectivity index (χ1n) is 8.75. The van der Waals surface area contributed by atoms with Gasteiger partial charge in [0, 0.05) is 28.3 Å². The molecule has 28 heavy (non-hydrogen) atoms. The second-order valence-electron chi connectivity index (χ2n) is 6.65. The van der Waals surface area contributed by atoms with Crippen molar-refractivity contribution in [3.63, 3.8) is 0 Å². The molecule has 0 aromatic heterocycles. The lowest BCUT2D eigenvalue weighted by molar-refractivity contribution is -0.136. The first-order valence-corrected chi connectivity index (χ1v) is 9.83. The van der Waals surface area contributed by atoms with E-state index in [0.29, 0.717) is 22.4 Å². The van der Waals surface area contributed by atoms with Gasteiger partial charge < -0.3 is 14.8 Å². The number of fused-ring (bicyclic) bond motifs is 2. The predicted molar refractivity (Wildman–Crippen MR) is 114 cm³/mol. The lowest BCUT2D eigenvalue weighted by Gasteiger charge is -2.29. The van der Waals surface area contributed by atoms with Crippen molar-refractivity contribution in [2.24, 2.45) is 0 Å². The molecule has 0 radical (unpaired) electrons. The van der Waals surface area contributed by atoms with E-state index < -0.39 is 11.9 Å². The number of halogens is 1. The van der Waals surface area contributed by atoms with Crippen LogP contribution in [0, 0.1) is 3.57 Å². The van der Waals surface area contributed by atoms with Crippen molar-refractivity contribution in [3.8, 4) is 5.75 Å². The maximum Gasteiger partial charge on any atom is 0.336 e. The predicted octanol–water partition coefficient (Wildman–Crippen LogP) is 4.04. The average Bonchev–Trinajstić information content (AvgIpc) is 2.98. The number of hydrogen-bond acceptors (Lipinski definition) is 5. The van der Waals surface area contributed by atoms with E-state index in [1.807, 2.05) is 49.4 Å². The molecule has 0 saturated heterocycles. The molecule has 0 amide bonds. The lowest BCUT2D eigenvalue weighted by atomic mass is 9.80. The Bertz CT molecular complexity index is 1080. The standard InChI is InChI=1S/C22H18INO4/c1-11-17(22(26)28-3)18(12-8-9-16(27-2)15(23)10-12)19-20(24-11)13-6-4-5-7-14(13)21(19)25/h4-10,18,24H,1-3H3/t18-/m0/s1. The molecule has 0 saturated carbocycles. The van der Waals surface area contributed by atoms with E-state index in [4.69, 9.17) is 9.47 Å². The molecule has 2 aliphatic rings. The number of carbonyl (C=O) groups is 2. The van der Waals surface area contributed by atoms with Crippen LogP contribution in [0.2, 0.25) is 0 Å². The molecule has 4 rings (SSSR count). The zero-order valence-corrected chi connectivity index (χ0v) is 17.8. The number of carbonyl (C=O) groups excluding carboxylic acids is 2. The molecule has 0 unspecified atom stereocenters. The van der Waals surface area contributed by atoms with Gasteiger partial charge in [0.1, 0.15) is 5.75 Å². The van der Waals surface area contributed by atoms with Gasteiger partial charge in [-0.2, -0.15) is 0 Å². The molecule has 1 atom stereocenters. The molecular formula is C22H18INO4. The number of dihydropyridines is 1. The van der Waals surface area contributed by atoms with E-state index in [0.717, 1.165) is 26.1 Å². The van der Waals surface area contributed by atoms with Crippen molar-refractivity contribution >= 4 is 40.0 Å². The summed E-state index contributed by atoms with van der Waals surface area (Å²) in [6.45, 7) is 1.84. The number of esters is 1. The van der Waals surface area contributed by atoms with Gasteiger partial charge in [0.05, 0.1) is 29.1 Å². The van der Waals surface area contributed by atoms with E-state index in [-0.39, 0.29) is 5.78 Å². The quantitative estimate of drug-likeness (QED) is 0.523. The third-order valence-corrected chi connectivity index (χ3v) is 6.01. The van der Waals surface area contributed by atoms with Crippen LogP contribution in [0.3, 0.4) is 0 Å². The fourth-order valence-corrected chi connectivity index (χ4v) is 4.66. The number of Topliss-reactive ketones (excluding diaryl/α,β-unsaturated/α-hetero) is 1. The molecule has 2 aromatic rings. The van der Waals surface area contributed by atoms with Crippen LogP contribution in [0.25, 0.3) is 5.70 Å². The number of allylic oxidation sites excluding steroid dienone is 2. The smallest absolute Gasteiger partial charge is 0.336 e. The molecule has 0 bridgehead atoms. The summed E-state index contributed by atoms with van der Waals surface area (Å²) in [5, 5.41) is 3.28. The molecule has 0 spiro atoms. The Morgan fingerprint density at radius 3 is 2.46 bits per heavy atom. The summed E-state index contributed by atoms with van der Waals surface area (Å²) >= 11 is 2.19. The van der Waals surface area contributed by atoms with E-state index in [1.54, 1.807) is 7.11 Å². The van der Waals surface area contributed by atoms with Crippen LogP contribution < -0.4 is 10.1 Å². The van der Waals surface area contributed by atoms with E-state index >= 15 is 0 Å². The van der Waals surface area contributed by atoms with Gasteiger partial charge in [0.25, 0.3) is 0 Å². The molecule has 0 fully saturated rings. The second kappa shape index (κ2) is 7.09. The molecule has 6 heteroatoms. The van der Waals surface area contributed by atoms with Gasteiger partial charge in [-0.15, -0.1) is 0 Å². The first-order chi connectivity index (χ1) is 13.5. The number of ketones is 1. The average molecular weight is 487 g/mol. The number of ether oxygens (including phenoxy) is 2. The van der Waals surface area contributed by atoms with Crippen LogP contribution >= 0.6 is 22.6 Å². The molecule has 2 aromatic carbocycles. The minimum Gasteiger partial charge on any atom is -0.496 e. The highest BCUT2D eigenvalue weighted by atomic mass is 127. The summed E-state index contributed by atoms with van der Waals surface area (Å²) < 4.78 is 11.3. The zero-order valence-electron chi connectivity index (χ0n) is 15.6. The summed E-state index contributed by atoms with van der Waals surface area (Å²) in [7, 11) is 2.97. The maximum absolute atomic E-state index is 13.3. The molecule has 1 aliphatic carbocycles. The van der Waals surface area contributed by atoms with Gasteiger partial charge in [0.15, 0.2) is 5.78 Å². The third-order valence-electron chi connectivity index (χ3n) is 5.16. The van der Waals surface area contributed by atoms with E-state index in [9.17, 15) is 9.59 Å². The Labute approximate surface area is 176 Å². The Balaban J connectivity index is 1.95. The molecule has 5 nitrogen and oxygen atoms in total. The number of nitrogens with one attached hydrogen (secondary N) is 1. The number of rotatable bonds is 3. The highest BCUT2D eigenvalue weighted by Gasteiger charge is 2.42. The molecule has 1 N–H and O–H groups in total. The van der Waals surface area contributed by atoms with Crippen LogP contribution in [0.1, 0.15) is 34.3 Å². The zero-order chi connectivity index (χ0) is 20.0. The maximum atomic E-state index is 13.3. The van der Waals surface area contributed by atoms with E-state index in [2.05, 4.69) is 27.9 Å². The van der Waals surface area contributed by atoms with Crippen molar-refractivity contribution < 1.29 is 19.1 Å². The summed E-state index contributed by atoms with van der Waals surface area (Å²) in [5.41, 5.74) is 4.83. The number of methoxy groups -OCH3 is 2. The minimum absolute atomic E-state index is 0.0668. The van der Waals surface area contributed by atoms with Crippen molar-refractivity contribution in [3.05, 3.63) is 79.6 Å². The van der Waals surface area contributed by atoms with Crippen LogP contribution in [0.4, 0.5) is 0 Å². The van der Waals surface area contributed by atoms with Gasteiger partial charge in [0.2, 0.25) is 0 Å². The van der Waals surface area contributed by atoms with Crippen molar-refractivity contribution in [2.75, 3.05) is 14.2 Å². The normalized spacial score (nSPS) is 17.9. The SMILES string of the molecule is COC(=O)C1=C(C)NC2=C(C(=O)c3ccccc32)[C@H]1c1ccc(OC)c(I)c1. The van der Waals surface area contributed by atoms with Gasteiger partial charge in [-0.1, -0.05) is 30.3 Å². The summed E-state index contributed by atoms with van der Waals surface area (Å²) in [6, 6.07) is 13.2. The summed E-state index contributed by atoms with van der Waals surface area (Å²) in [4.78, 5) is 25.9. The topological polar surface area (TPSA) is 64.6 Å².